The molecule has 4 aromatic rings. The number of carbonyl (C=O) groups excluding carboxylic acids is 2. The van der Waals surface area contributed by atoms with Crippen molar-refractivity contribution in [3.8, 4) is 11.5 Å². The first-order chi connectivity index (χ1) is 16.9. The molecule has 3 aromatic heterocycles. The molecule has 0 saturated heterocycles. The molecule has 2 amide bonds. The Bertz CT molecular complexity index is 1400. The second-order valence-electron chi connectivity index (χ2n) is 7.30. The van der Waals surface area contributed by atoms with Crippen LogP contribution < -0.4 is 22.9 Å². The van der Waals surface area contributed by atoms with Gasteiger partial charge in [-0.3, -0.25) is 14.6 Å². The van der Waals surface area contributed by atoms with Crippen molar-refractivity contribution in [2.75, 3.05) is 0 Å². The van der Waals surface area contributed by atoms with Crippen molar-refractivity contribution in [1.82, 2.24) is 29.4 Å². The van der Waals surface area contributed by atoms with Gasteiger partial charge in [-0.2, -0.15) is 4.68 Å². The van der Waals surface area contributed by atoms with Gasteiger partial charge < -0.3 is 32.5 Å². The maximum absolute atomic E-state index is 11.4. The summed E-state index contributed by atoms with van der Waals surface area (Å²) in [6, 6.07) is 7.00. The number of primary amides is 2. The third-order valence-electron chi connectivity index (χ3n) is 4.52. The number of fused-ring (bicyclic) bond motifs is 1. The van der Waals surface area contributed by atoms with Crippen LogP contribution in [0.5, 0.6) is 11.5 Å². The minimum absolute atomic E-state index is 0.0600. The van der Waals surface area contributed by atoms with E-state index in [-0.39, 0.29) is 22.8 Å². The molecule has 36 heavy (non-hydrogen) atoms. The predicted octanol–water partition coefficient (Wildman–Crippen LogP) is -1.42. The summed E-state index contributed by atoms with van der Waals surface area (Å²) in [5.74, 6) is -1.64. The lowest BCUT2D eigenvalue weighted by Gasteiger charge is -2.14. The van der Waals surface area contributed by atoms with Gasteiger partial charge in [-0.25, -0.2) is 14.2 Å². The van der Waals surface area contributed by atoms with Crippen LogP contribution in [0.25, 0.3) is 5.65 Å². The number of aromatic hydroxyl groups is 2. The molecule has 0 spiro atoms. The second kappa shape index (κ2) is 12.0. The van der Waals surface area contributed by atoms with Crippen LogP contribution in [-0.4, -0.2) is 62.5 Å². The Labute approximate surface area is 203 Å². The minimum atomic E-state index is -0.827. The maximum Gasteiger partial charge on any atom is 0.352 e. The summed E-state index contributed by atoms with van der Waals surface area (Å²) in [4.78, 5) is 40.0. The monoisotopic (exact) mass is 499 g/mol. The smallest absolute Gasteiger partial charge is 0.352 e. The highest BCUT2D eigenvalue weighted by Crippen LogP contribution is 2.28. The van der Waals surface area contributed by atoms with Crippen molar-refractivity contribution < 1.29 is 24.9 Å². The predicted molar refractivity (Wildman–Crippen MR) is 126 cm³/mol. The summed E-state index contributed by atoms with van der Waals surface area (Å²) in [7, 11) is 1.44. The molecule has 4 rings (SSSR count). The topological polar surface area (TPSA) is 251 Å². The van der Waals surface area contributed by atoms with Gasteiger partial charge in [0, 0.05) is 25.5 Å². The van der Waals surface area contributed by atoms with Crippen LogP contribution in [0.1, 0.15) is 39.4 Å². The molecule has 0 bridgehead atoms. The Hall–Kier alpha value is -4.89. The van der Waals surface area contributed by atoms with Crippen LogP contribution in [0.2, 0.25) is 0 Å². The van der Waals surface area contributed by atoms with E-state index in [2.05, 4.69) is 20.3 Å². The molecular formula is C21H25N9O6. The van der Waals surface area contributed by atoms with Crippen molar-refractivity contribution in [3.63, 3.8) is 0 Å². The molecule has 15 nitrogen and oxygen atoms in total. The van der Waals surface area contributed by atoms with E-state index >= 15 is 0 Å². The third-order valence-corrected chi connectivity index (χ3v) is 4.52. The number of benzene rings is 1. The maximum atomic E-state index is 11.4. The number of pyridine rings is 1. The van der Waals surface area contributed by atoms with E-state index in [0.717, 1.165) is 9.08 Å². The molecule has 9 N–H and O–H groups in total. The molecule has 0 aliphatic heterocycles. The van der Waals surface area contributed by atoms with E-state index < -0.39 is 29.6 Å². The van der Waals surface area contributed by atoms with Crippen molar-refractivity contribution in [2.24, 2.45) is 24.2 Å². The molecule has 0 saturated carbocycles. The normalized spacial score (nSPS) is 11.9. The number of phenols is 2. The number of aryl methyl sites for hydroxylation is 1. The highest BCUT2D eigenvalue weighted by Gasteiger charge is 2.14. The number of aromatic nitrogens is 6. The van der Waals surface area contributed by atoms with Gasteiger partial charge in [-0.15, -0.1) is 5.10 Å². The lowest BCUT2D eigenvalue weighted by atomic mass is 10.0. The van der Waals surface area contributed by atoms with E-state index in [0.29, 0.717) is 11.1 Å². The zero-order valence-electron chi connectivity index (χ0n) is 19.3. The van der Waals surface area contributed by atoms with Crippen LogP contribution in [-0.2, 0) is 7.05 Å². The lowest BCUT2D eigenvalue weighted by molar-refractivity contribution is 0.0990. The van der Waals surface area contributed by atoms with Crippen molar-refractivity contribution in [2.45, 2.75) is 19.1 Å². The van der Waals surface area contributed by atoms with Gasteiger partial charge in [0.25, 0.3) is 5.91 Å². The summed E-state index contributed by atoms with van der Waals surface area (Å²) in [5.41, 5.74) is 15.9. The fraction of sp³-hybridized carbons (Fsp3) is 0.190. The number of carbonyl (C=O) groups is 2. The van der Waals surface area contributed by atoms with Crippen LogP contribution in [0, 0.1) is 0 Å². The van der Waals surface area contributed by atoms with Crippen LogP contribution in [0.3, 0.4) is 0 Å². The zero-order chi connectivity index (χ0) is 27.0. The Morgan fingerprint density at radius 1 is 1.08 bits per heavy atom. The summed E-state index contributed by atoms with van der Waals surface area (Å²) in [6.45, 7) is 1.66. The molecule has 0 aliphatic carbocycles. The highest BCUT2D eigenvalue weighted by atomic mass is 16.3. The molecule has 15 heteroatoms. The zero-order valence-corrected chi connectivity index (χ0v) is 19.3. The third kappa shape index (κ3) is 6.81. The first kappa shape index (κ1) is 27.4. The summed E-state index contributed by atoms with van der Waals surface area (Å²) >= 11 is 0. The first-order valence-electron chi connectivity index (χ1n) is 10.2. The number of phenolic OH excluding ortho intramolecular Hbond substituents is 2. The average Bonchev–Trinajstić information content (AvgIpc) is 3.29. The van der Waals surface area contributed by atoms with Crippen molar-refractivity contribution in [1.29, 1.82) is 0 Å². The first-order valence-corrected chi connectivity index (χ1v) is 10.2. The van der Waals surface area contributed by atoms with Gasteiger partial charge in [0.05, 0.1) is 11.7 Å². The molecule has 1 aromatic carbocycles. The molecular weight excluding hydrogens is 474 g/mol. The molecule has 0 radical (unpaired) electrons. The number of hydrogen-bond donors (Lipinski definition) is 6. The Kier molecular flexibility index (Phi) is 9.12. The molecule has 3 heterocycles. The fourth-order valence-corrected chi connectivity index (χ4v) is 2.59. The standard InChI is InChI=1S/C9H13NO3.C6H6N6O2.C6H6N2O/c1-5(10)9(13)6-2-3-7(11)8(12)4-6;1-11-6(14)12-2-8-3(4(7)13)5(12)9-10-11;7-6(9)5-2-1-3-8-4-5/h2-5,9,11-13H,10H2,1H3;2H,1H3,(H2,7,13);1-4H,(H2,7,9). The van der Waals surface area contributed by atoms with Crippen LogP contribution in [0.4, 0.5) is 0 Å². The van der Waals surface area contributed by atoms with E-state index in [4.69, 9.17) is 27.4 Å². The van der Waals surface area contributed by atoms with Crippen LogP contribution >= 0.6 is 0 Å². The molecule has 2 unspecified atom stereocenters. The molecule has 190 valence electrons. The number of amides is 2. The molecule has 0 fully saturated rings. The lowest BCUT2D eigenvalue weighted by Crippen LogP contribution is -2.27. The van der Waals surface area contributed by atoms with Gasteiger partial charge in [0.1, 0.15) is 6.33 Å². The van der Waals surface area contributed by atoms with Crippen molar-refractivity contribution >= 4 is 17.5 Å². The van der Waals surface area contributed by atoms with Crippen LogP contribution in [0.15, 0.2) is 53.8 Å². The number of rotatable bonds is 4. The number of aliphatic hydroxyl groups is 1. The quantitative estimate of drug-likeness (QED) is 0.178. The second-order valence-corrected chi connectivity index (χ2v) is 7.30. The average molecular weight is 499 g/mol. The largest absolute Gasteiger partial charge is 0.504 e. The number of hydrogen-bond acceptors (Lipinski definition) is 11. The summed E-state index contributed by atoms with van der Waals surface area (Å²) in [5, 5.41) is 34.8. The number of aliphatic hydroxyl groups excluding tert-OH is 1. The van der Waals surface area contributed by atoms with E-state index in [1.807, 2.05) is 0 Å². The van der Waals surface area contributed by atoms with Gasteiger partial charge >= 0.3 is 5.69 Å². The Balaban J connectivity index is 0.000000195. The number of nitrogens with zero attached hydrogens (tertiary/aromatic N) is 6. The van der Waals surface area contributed by atoms with Crippen molar-refractivity contribution in [3.05, 3.63) is 76.4 Å². The Morgan fingerprint density at radius 2 is 1.78 bits per heavy atom. The minimum Gasteiger partial charge on any atom is -0.504 e. The van der Waals surface area contributed by atoms with Gasteiger partial charge in [-0.05, 0) is 36.8 Å². The van der Waals surface area contributed by atoms with E-state index in [1.54, 1.807) is 25.3 Å². The van der Waals surface area contributed by atoms with Gasteiger partial charge in [0.2, 0.25) is 5.91 Å². The summed E-state index contributed by atoms with van der Waals surface area (Å²) in [6.07, 6.45) is 3.38. The van der Waals surface area contributed by atoms with E-state index in [9.17, 15) is 19.5 Å². The van der Waals surface area contributed by atoms with E-state index in [1.165, 1.54) is 37.8 Å². The van der Waals surface area contributed by atoms with Gasteiger partial charge in [-0.1, -0.05) is 11.3 Å². The molecule has 0 aliphatic rings. The Morgan fingerprint density at radius 3 is 2.28 bits per heavy atom. The molecule has 2 atom stereocenters. The van der Waals surface area contributed by atoms with Gasteiger partial charge in [0.15, 0.2) is 22.8 Å². The summed E-state index contributed by atoms with van der Waals surface area (Å²) < 4.78 is 2.13. The SMILES string of the molecule is CC(N)C(O)c1ccc(O)c(O)c1.Cn1nnc2c(C(N)=O)ncn2c1=O.NC(=O)c1cccnc1. The highest BCUT2D eigenvalue weighted by molar-refractivity contribution is 5.96. The number of imidazole rings is 1. The number of nitrogens with two attached hydrogens (primary N) is 3. The fourth-order valence-electron chi connectivity index (χ4n) is 2.59.